The second kappa shape index (κ2) is 6.88. The fourth-order valence-corrected chi connectivity index (χ4v) is 2.79. The third-order valence-electron chi connectivity index (χ3n) is 3.87. The quantitative estimate of drug-likeness (QED) is 0.246. The lowest BCUT2D eigenvalue weighted by Gasteiger charge is -2.02. The summed E-state index contributed by atoms with van der Waals surface area (Å²) in [4.78, 5) is 10.7. The maximum atomic E-state index is 11.1. The Hall–Kier alpha value is -3.73. The molecule has 2 aromatic carbocycles. The molecule has 0 bridgehead atoms. The topological polar surface area (TPSA) is 120 Å². The first-order valence-electron chi connectivity index (χ1n) is 7.86. The van der Waals surface area contributed by atoms with Gasteiger partial charge in [-0.1, -0.05) is 29.5 Å². The molecule has 0 aliphatic rings. The van der Waals surface area contributed by atoms with Gasteiger partial charge in [-0.15, -0.1) is 5.10 Å². The number of hydrogen-bond donors (Lipinski definition) is 1. The van der Waals surface area contributed by atoms with Crippen LogP contribution in [-0.4, -0.2) is 41.0 Å². The Morgan fingerprint density at radius 3 is 2.85 bits per heavy atom. The number of H-pyrrole nitrogens is 1. The molecule has 2 heterocycles. The third kappa shape index (κ3) is 3.22. The minimum Gasteiger partial charge on any atom is -0.258 e. The van der Waals surface area contributed by atoms with Gasteiger partial charge in [0.15, 0.2) is 5.82 Å². The smallest absolute Gasteiger partial charge is 0.258 e. The first kappa shape index (κ1) is 16.7. The van der Waals surface area contributed by atoms with E-state index in [0.29, 0.717) is 11.4 Å². The number of nitrogens with one attached hydrogen (secondary N) is 1. The molecule has 4 rings (SSSR count). The molecule has 0 unspecified atom stereocenters. The van der Waals surface area contributed by atoms with Crippen LogP contribution in [-0.2, 0) is 6.54 Å². The van der Waals surface area contributed by atoms with Gasteiger partial charge in [0, 0.05) is 6.07 Å². The minimum absolute atomic E-state index is 0.0416. The van der Waals surface area contributed by atoms with Gasteiger partial charge < -0.3 is 0 Å². The van der Waals surface area contributed by atoms with E-state index in [-0.39, 0.29) is 17.0 Å². The third-order valence-corrected chi connectivity index (χ3v) is 4.14. The fraction of sp³-hybridized carbons (Fsp3) is 0.0625. The van der Waals surface area contributed by atoms with E-state index in [2.05, 4.69) is 25.6 Å². The van der Waals surface area contributed by atoms with Crippen molar-refractivity contribution in [2.75, 3.05) is 0 Å². The van der Waals surface area contributed by atoms with Gasteiger partial charge in [-0.3, -0.25) is 15.2 Å². The molecular weight excluding hydrogens is 368 g/mol. The zero-order chi connectivity index (χ0) is 18.8. The van der Waals surface area contributed by atoms with Gasteiger partial charge in [0.2, 0.25) is 4.77 Å². The van der Waals surface area contributed by atoms with E-state index in [1.165, 1.54) is 17.0 Å². The summed E-state index contributed by atoms with van der Waals surface area (Å²) < 4.78 is 3.35. The van der Waals surface area contributed by atoms with Crippen LogP contribution in [0, 0.1) is 14.9 Å². The van der Waals surface area contributed by atoms with Crippen molar-refractivity contribution >= 4 is 35.2 Å². The molecule has 0 aliphatic carbocycles. The van der Waals surface area contributed by atoms with Crippen LogP contribution in [0.3, 0.4) is 0 Å². The maximum absolute atomic E-state index is 11.1. The zero-order valence-corrected chi connectivity index (χ0v) is 14.6. The van der Waals surface area contributed by atoms with Crippen molar-refractivity contribution < 1.29 is 4.92 Å². The lowest BCUT2D eigenvalue weighted by Crippen LogP contribution is -2.08. The largest absolute Gasteiger partial charge is 0.278 e. The van der Waals surface area contributed by atoms with Crippen LogP contribution >= 0.6 is 12.2 Å². The number of aromatic nitrogens is 6. The van der Waals surface area contributed by atoms with E-state index in [0.717, 1.165) is 11.0 Å². The number of para-hydroxylation sites is 2. The van der Waals surface area contributed by atoms with Gasteiger partial charge in [0.1, 0.15) is 12.1 Å². The number of nitro benzene ring substituents is 1. The molecule has 11 heteroatoms. The van der Waals surface area contributed by atoms with E-state index < -0.39 is 4.92 Å². The molecule has 0 atom stereocenters. The van der Waals surface area contributed by atoms with E-state index in [1.54, 1.807) is 22.9 Å². The number of aromatic amines is 1. The molecule has 134 valence electrons. The Kier molecular flexibility index (Phi) is 4.26. The van der Waals surface area contributed by atoms with Crippen LogP contribution in [0.5, 0.6) is 0 Å². The molecule has 0 aliphatic heterocycles. The molecule has 0 radical (unpaired) electrons. The Bertz CT molecular complexity index is 1220. The molecule has 0 fully saturated rings. The molecule has 0 saturated carbocycles. The fourth-order valence-electron chi connectivity index (χ4n) is 2.60. The monoisotopic (exact) mass is 380 g/mol. The Morgan fingerprint density at radius 1 is 1.22 bits per heavy atom. The molecule has 4 aromatic rings. The summed E-state index contributed by atoms with van der Waals surface area (Å²) in [7, 11) is 0. The van der Waals surface area contributed by atoms with Crippen LogP contribution in [0.1, 0.15) is 11.4 Å². The lowest BCUT2D eigenvalue weighted by atomic mass is 10.2. The minimum atomic E-state index is -0.460. The van der Waals surface area contributed by atoms with E-state index in [1.807, 2.05) is 24.3 Å². The van der Waals surface area contributed by atoms with Crippen LogP contribution in [0.4, 0.5) is 5.69 Å². The van der Waals surface area contributed by atoms with Gasteiger partial charge in [0.25, 0.3) is 5.69 Å². The van der Waals surface area contributed by atoms with Crippen LogP contribution in [0.15, 0.2) is 53.6 Å². The molecule has 10 nitrogen and oxygen atoms in total. The van der Waals surface area contributed by atoms with E-state index in [4.69, 9.17) is 12.2 Å². The number of fused-ring (bicyclic) bond motifs is 1. The van der Waals surface area contributed by atoms with Crippen molar-refractivity contribution in [2.45, 2.75) is 6.54 Å². The maximum Gasteiger partial charge on any atom is 0.278 e. The zero-order valence-electron chi connectivity index (χ0n) is 13.8. The van der Waals surface area contributed by atoms with Crippen molar-refractivity contribution in [3.63, 3.8) is 0 Å². The Labute approximate surface area is 156 Å². The standard InChI is InChI=1S/C16H12N8O2S/c25-24(26)13-7-3-1-5-11(13)9-17-23-15(19-20-16(23)27)10-22-14-8-4-2-6-12(14)18-21-22/h1-9H,10H2,(H,20,27)/b17-9-. The highest BCUT2D eigenvalue weighted by atomic mass is 32.1. The Balaban J connectivity index is 1.69. The average Bonchev–Trinajstić information content (AvgIpc) is 3.24. The average molecular weight is 380 g/mol. The van der Waals surface area contributed by atoms with Crippen LogP contribution < -0.4 is 0 Å². The first-order chi connectivity index (χ1) is 13.1. The summed E-state index contributed by atoms with van der Waals surface area (Å²) in [6, 6.07) is 13.9. The van der Waals surface area contributed by atoms with Gasteiger partial charge >= 0.3 is 0 Å². The summed E-state index contributed by atoms with van der Waals surface area (Å²) in [5, 5.41) is 30.5. The predicted octanol–water partition coefficient (Wildman–Crippen LogP) is 2.52. The van der Waals surface area contributed by atoms with E-state index >= 15 is 0 Å². The number of nitrogens with zero attached hydrogens (tertiary/aromatic N) is 7. The van der Waals surface area contributed by atoms with Crippen molar-refractivity contribution in [1.82, 2.24) is 29.9 Å². The molecule has 2 aromatic heterocycles. The SMILES string of the molecule is O=[N+]([O-])c1ccccc1/C=N\n1c(Cn2nnc3ccccc32)n[nH]c1=S. The number of benzene rings is 2. The van der Waals surface area contributed by atoms with Gasteiger partial charge in [-0.25, -0.2) is 4.68 Å². The van der Waals surface area contributed by atoms with Crippen molar-refractivity contribution in [3.05, 3.63) is 74.8 Å². The summed E-state index contributed by atoms with van der Waals surface area (Å²) in [5.74, 6) is 0.491. The van der Waals surface area contributed by atoms with Gasteiger partial charge in [-0.05, 0) is 30.4 Å². The first-order valence-corrected chi connectivity index (χ1v) is 8.26. The van der Waals surface area contributed by atoms with Crippen LogP contribution in [0.25, 0.3) is 11.0 Å². The second-order valence-corrected chi connectivity index (χ2v) is 5.94. The predicted molar refractivity (Wildman–Crippen MR) is 100 cm³/mol. The van der Waals surface area contributed by atoms with Crippen molar-refractivity contribution in [1.29, 1.82) is 0 Å². The molecule has 0 spiro atoms. The highest BCUT2D eigenvalue weighted by molar-refractivity contribution is 7.71. The van der Waals surface area contributed by atoms with Gasteiger partial charge in [-0.2, -0.15) is 14.9 Å². The van der Waals surface area contributed by atoms with Gasteiger partial charge in [0.05, 0.1) is 22.2 Å². The number of rotatable bonds is 5. The highest BCUT2D eigenvalue weighted by Gasteiger charge is 2.12. The molecule has 1 N–H and O–H groups in total. The van der Waals surface area contributed by atoms with Crippen molar-refractivity contribution in [3.8, 4) is 0 Å². The summed E-state index contributed by atoms with van der Waals surface area (Å²) in [5.41, 5.74) is 1.94. The van der Waals surface area contributed by atoms with E-state index in [9.17, 15) is 10.1 Å². The number of nitro groups is 1. The summed E-state index contributed by atoms with van der Waals surface area (Å²) in [6.07, 6.45) is 1.38. The normalized spacial score (nSPS) is 11.4. The number of hydrogen-bond acceptors (Lipinski definition) is 7. The molecule has 0 amide bonds. The molecule has 0 saturated heterocycles. The second-order valence-electron chi connectivity index (χ2n) is 5.55. The lowest BCUT2D eigenvalue weighted by molar-refractivity contribution is -0.385. The van der Waals surface area contributed by atoms with Crippen LogP contribution in [0.2, 0.25) is 0 Å². The Morgan fingerprint density at radius 2 is 2.00 bits per heavy atom. The molecule has 27 heavy (non-hydrogen) atoms. The summed E-state index contributed by atoms with van der Waals surface area (Å²) >= 11 is 5.22. The van der Waals surface area contributed by atoms with Crippen molar-refractivity contribution in [2.24, 2.45) is 5.10 Å². The molecular formula is C16H12N8O2S. The highest BCUT2D eigenvalue weighted by Crippen LogP contribution is 2.16. The summed E-state index contributed by atoms with van der Waals surface area (Å²) in [6.45, 7) is 0.280.